The fraction of sp³-hybridized carbons (Fsp3) is 1.00. The number of hydrogen-bond donors (Lipinski definition) is 0. The van der Waals surface area contributed by atoms with Crippen molar-refractivity contribution in [2.45, 2.75) is 59.4 Å². The summed E-state index contributed by atoms with van der Waals surface area (Å²) in [5.74, 6) is 2.03. The Morgan fingerprint density at radius 2 is 1.80 bits per heavy atom. The number of likely N-dealkylation sites (tertiary alicyclic amines) is 1. The highest BCUT2D eigenvalue weighted by molar-refractivity contribution is 5.06. The van der Waals surface area contributed by atoms with E-state index >= 15 is 0 Å². The van der Waals surface area contributed by atoms with Gasteiger partial charge in [-0.2, -0.15) is 0 Å². The standard InChI is InChI=1S/C14H27N/c1-5-12(4)13-10-14(13)6-8-15(9-7-14)11(2)3/h11-13H,5-10H2,1-4H3. The predicted octanol–water partition coefficient (Wildman–Crippen LogP) is 3.54. The summed E-state index contributed by atoms with van der Waals surface area (Å²) in [7, 11) is 0. The van der Waals surface area contributed by atoms with Gasteiger partial charge in [-0.1, -0.05) is 20.3 Å². The number of nitrogens with zero attached hydrogens (tertiary/aromatic N) is 1. The van der Waals surface area contributed by atoms with E-state index in [1.807, 2.05) is 0 Å². The molecular weight excluding hydrogens is 182 g/mol. The van der Waals surface area contributed by atoms with Crippen LogP contribution in [-0.4, -0.2) is 24.0 Å². The number of hydrogen-bond acceptors (Lipinski definition) is 1. The van der Waals surface area contributed by atoms with E-state index < -0.39 is 0 Å². The van der Waals surface area contributed by atoms with E-state index in [-0.39, 0.29) is 0 Å². The average molecular weight is 209 g/mol. The molecule has 1 saturated heterocycles. The first kappa shape index (κ1) is 11.4. The van der Waals surface area contributed by atoms with Gasteiger partial charge < -0.3 is 4.90 Å². The molecule has 1 heteroatoms. The van der Waals surface area contributed by atoms with Gasteiger partial charge in [0.2, 0.25) is 0 Å². The fourth-order valence-corrected chi connectivity index (χ4v) is 3.53. The van der Waals surface area contributed by atoms with Crippen molar-refractivity contribution < 1.29 is 0 Å². The third-order valence-electron chi connectivity index (χ3n) is 5.11. The molecule has 0 aromatic carbocycles. The van der Waals surface area contributed by atoms with E-state index in [1.54, 1.807) is 0 Å². The minimum atomic E-state index is 0.753. The summed E-state index contributed by atoms with van der Waals surface area (Å²) < 4.78 is 0. The van der Waals surface area contributed by atoms with Gasteiger partial charge >= 0.3 is 0 Å². The molecular formula is C14H27N. The van der Waals surface area contributed by atoms with Gasteiger partial charge in [0.25, 0.3) is 0 Å². The van der Waals surface area contributed by atoms with Gasteiger partial charge in [0.1, 0.15) is 0 Å². The van der Waals surface area contributed by atoms with Gasteiger partial charge in [-0.15, -0.1) is 0 Å². The van der Waals surface area contributed by atoms with Crippen LogP contribution >= 0.6 is 0 Å². The van der Waals surface area contributed by atoms with Crippen molar-refractivity contribution in [3.05, 3.63) is 0 Å². The van der Waals surface area contributed by atoms with E-state index in [0.717, 1.165) is 23.3 Å². The van der Waals surface area contributed by atoms with Crippen molar-refractivity contribution in [1.82, 2.24) is 4.90 Å². The molecule has 0 amide bonds. The normalized spacial score (nSPS) is 32.2. The number of piperidine rings is 1. The molecule has 1 spiro atoms. The Kier molecular flexibility index (Phi) is 3.12. The third kappa shape index (κ3) is 2.08. The van der Waals surface area contributed by atoms with Crippen molar-refractivity contribution in [1.29, 1.82) is 0 Å². The third-order valence-corrected chi connectivity index (χ3v) is 5.11. The summed E-state index contributed by atoms with van der Waals surface area (Å²) in [4.78, 5) is 2.65. The zero-order valence-corrected chi connectivity index (χ0v) is 10.9. The van der Waals surface area contributed by atoms with Crippen molar-refractivity contribution in [2.24, 2.45) is 17.3 Å². The lowest BCUT2D eigenvalue weighted by atomic mass is 9.86. The zero-order chi connectivity index (χ0) is 11.1. The largest absolute Gasteiger partial charge is 0.301 e. The van der Waals surface area contributed by atoms with Crippen molar-refractivity contribution >= 4 is 0 Å². The second-order valence-electron chi connectivity index (χ2n) is 6.19. The fourth-order valence-electron chi connectivity index (χ4n) is 3.53. The van der Waals surface area contributed by atoms with Crippen molar-refractivity contribution in [3.63, 3.8) is 0 Å². The lowest BCUT2D eigenvalue weighted by molar-refractivity contribution is 0.126. The number of rotatable bonds is 3. The van der Waals surface area contributed by atoms with E-state index in [1.165, 1.54) is 38.8 Å². The second-order valence-corrected chi connectivity index (χ2v) is 6.19. The smallest absolute Gasteiger partial charge is 0.00385 e. The minimum Gasteiger partial charge on any atom is -0.301 e. The van der Waals surface area contributed by atoms with E-state index in [9.17, 15) is 0 Å². The van der Waals surface area contributed by atoms with Crippen LogP contribution in [0.4, 0.5) is 0 Å². The van der Waals surface area contributed by atoms with Gasteiger partial charge in [0, 0.05) is 6.04 Å². The Labute approximate surface area is 95.2 Å². The molecule has 0 aromatic rings. The quantitative estimate of drug-likeness (QED) is 0.687. The highest BCUT2D eigenvalue weighted by atomic mass is 15.2. The van der Waals surface area contributed by atoms with Gasteiger partial charge in [0.15, 0.2) is 0 Å². The highest BCUT2D eigenvalue weighted by Gasteiger charge is 2.56. The molecule has 1 aliphatic carbocycles. The Bertz CT molecular complexity index is 213. The van der Waals surface area contributed by atoms with Crippen molar-refractivity contribution in [3.8, 4) is 0 Å². The van der Waals surface area contributed by atoms with Crippen LogP contribution in [0.15, 0.2) is 0 Å². The van der Waals surface area contributed by atoms with E-state index in [2.05, 4.69) is 32.6 Å². The van der Waals surface area contributed by atoms with Crippen LogP contribution in [0, 0.1) is 17.3 Å². The highest BCUT2D eigenvalue weighted by Crippen LogP contribution is 2.63. The predicted molar refractivity (Wildman–Crippen MR) is 65.9 cm³/mol. The molecule has 0 aromatic heterocycles. The minimum absolute atomic E-state index is 0.753. The maximum absolute atomic E-state index is 2.65. The average Bonchev–Trinajstić information content (AvgIpc) is 2.92. The Morgan fingerprint density at radius 3 is 2.27 bits per heavy atom. The first-order valence-corrected chi connectivity index (χ1v) is 6.83. The van der Waals surface area contributed by atoms with Gasteiger partial charge in [-0.25, -0.2) is 0 Å². The first-order valence-electron chi connectivity index (χ1n) is 6.83. The van der Waals surface area contributed by atoms with Crippen molar-refractivity contribution in [2.75, 3.05) is 13.1 Å². The van der Waals surface area contributed by atoms with Crippen LogP contribution in [0.25, 0.3) is 0 Å². The van der Waals surface area contributed by atoms with Crippen LogP contribution in [0.5, 0.6) is 0 Å². The molecule has 15 heavy (non-hydrogen) atoms. The summed E-state index contributed by atoms with van der Waals surface area (Å²) in [6.07, 6.45) is 5.86. The molecule has 2 unspecified atom stereocenters. The topological polar surface area (TPSA) is 3.24 Å². The maximum atomic E-state index is 2.65. The molecule has 1 aliphatic heterocycles. The second kappa shape index (κ2) is 4.08. The van der Waals surface area contributed by atoms with Crippen LogP contribution in [0.2, 0.25) is 0 Å². The van der Waals surface area contributed by atoms with Crippen LogP contribution in [-0.2, 0) is 0 Å². The zero-order valence-electron chi connectivity index (χ0n) is 10.9. The van der Waals surface area contributed by atoms with Crippen LogP contribution in [0.3, 0.4) is 0 Å². The van der Waals surface area contributed by atoms with E-state index in [4.69, 9.17) is 0 Å². The molecule has 2 rings (SSSR count). The molecule has 2 atom stereocenters. The maximum Gasteiger partial charge on any atom is 0.00385 e. The van der Waals surface area contributed by atoms with Gasteiger partial charge in [-0.05, 0) is 63.5 Å². The molecule has 1 nitrogen and oxygen atoms in total. The Balaban J connectivity index is 1.85. The van der Waals surface area contributed by atoms with Crippen LogP contribution < -0.4 is 0 Å². The van der Waals surface area contributed by atoms with Crippen LogP contribution in [0.1, 0.15) is 53.4 Å². The summed E-state index contributed by atoms with van der Waals surface area (Å²) >= 11 is 0. The molecule has 88 valence electrons. The van der Waals surface area contributed by atoms with Gasteiger partial charge in [-0.3, -0.25) is 0 Å². The summed E-state index contributed by atoms with van der Waals surface area (Å²) in [6.45, 7) is 12.2. The monoisotopic (exact) mass is 209 g/mol. The first-order chi connectivity index (χ1) is 7.09. The summed E-state index contributed by atoms with van der Waals surface area (Å²) in [5.41, 5.74) is 0.792. The van der Waals surface area contributed by atoms with Gasteiger partial charge in [0.05, 0.1) is 0 Å². The molecule has 1 saturated carbocycles. The summed E-state index contributed by atoms with van der Waals surface area (Å²) in [5, 5.41) is 0. The lowest BCUT2D eigenvalue weighted by Crippen LogP contribution is -2.39. The molecule has 0 radical (unpaired) electrons. The summed E-state index contributed by atoms with van der Waals surface area (Å²) in [6, 6.07) is 0.753. The van der Waals surface area contributed by atoms with E-state index in [0.29, 0.717) is 0 Å². The lowest BCUT2D eigenvalue weighted by Gasteiger charge is -2.36. The Hall–Kier alpha value is -0.0400. The molecule has 1 heterocycles. The Morgan fingerprint density at radius 1 is 1.20 bits per heavy atom. The molecule has 0 N–H and O–H groups in total. The molecule has 0 bridgehead atoms. The molecule has 2 aliphatic rings. The SMILES string of the molecule is CCC(C)C1CC12CCN(C(C)C)CC2. The molecule has 2 fully saturated rings.